The van der Waals surface area contributed by atoms with E-state index in [2.05, 4.69) is 39.7 Å². The topological polar surface area (TPSA) is 68.0 Å². The van der Waals surface area contributed by atoms with Gasteiger partial charge in [-0.15, -0.1) is 0 Å². The van der Waals surface area contributed by atoms with E-state index < -0.39 is 0 Å². The van der Waals surface area contributed by atoms with Crippen molar-refractivity contribution in [2.24, 2.45) is 5.92 Å². The maximum atomic E-state index is 12.6. The molecule has 1 aliphatic rings. The predicted molar refractivity (Wildman–Crippen MR) is 105 cm³/mol. The Kier molecular flexibility index (Phi) is 7.02. The molecule has 0 spiro atoms. The van der Waals surface area contributed by atoms with E-state index in [4.69, 9.17) is 4.52 Å². The molecule has 1 fully saturated rings. The monoisotopic (exact) mass is 369 g/mol. The summed E-state index contributed by atoms with van der Waals surface area (Å²) in [5.74, 6) is 2.26. The smallest absolute Gasteiger partial charge is 0.226 e. The number of amides is 1. The Morgan fingerprint density at radius 1 is 1.19 bits per heavy atom. The summed E-state index contributed by atoms with van der Waals surface area (Å²) in [7, 11) is 0. The minimum Gasteiger partial charge on any atom is -0.349 e. The second kappa shape index (κ2) is 9.67. The summed E-state index contributed by atoms with van der Waals surface area (Å²) in [4.78, 5) is 17.0. The molecule has 1 aromatic heterocycles. The summed E-state index contributed by atoms with van der Waals surface area (Å²) in [6, 6.07) is 10.5. The van der Waals surface area contributed by atoms with Crippen LogP contribution in [0.15, 0.2) is 34.9 Å². The van der Waals surface area contributed by atoms with Crippen LogP contribution in [0.3, 0.4) is 0 Å². The first-order valence-electron chi connectivity index (χ1n) is 10.3. The molecule has 1 atom stereocenters. The van der Waals surface area contributed by atoms with E-state index in [0.29, 0.717) is 24.7 Å². The van der Waals surface area contributed by atoms with Crippen LogP contribution in [0.5, 0.6) is 0 Å². The number of hydrogen-bond acceptors (Lipinski definition) is 4. The normalized spacial score (nSPS) is 16.4. The van der Waals surface area contributed by atoms with Crippen LogP contribution in [0, 0.1) is 5.92 Å². The molecular weight excluding hydrogens is 338 g/mol. The molecule has 1 saturated carbocycles. The zero-order valence-electron chi connectivity index (χ0n) is 16.5. The number of benzene rings is 1. The molecule has 0 unspecified atom stereocenters. The number of carbonyl (C=O) groups is 1. The average Bonchev–Trinajstić information content (AvgIpc) is 3.17. The predicted octanol–water partition coefficient (Wildman–Crippen LogP) is 4.95. The fourth-order valence-electron chi connectivity index (χ4n) is 3.85. The van der Waals surface area contributed by atoms with Gasteiger partial charge in [-0.25, -0.2) is 0 Å². The zero-order valence-corrected chi connectivity index (χ0v) is 16.5. The van der Waals surface area contributed by atoms with Gasteiger partial charge in [-0.1, -0.05) is 68.6 Å². The number of nitrogens with zero attached hydrogens (tertiary/aromatic N) is 2. The van der Waals surface area contributed by atoms with Crippen LogP contribution in [0.25, 0.3) is 0 Å². The Bertz CT molecular complexity index is 705. The number of rotatable bonds is 8. The third kappa shape index (κ3) is 5.65. The molecule has 0 radical (unpaired) electrons. The molecule has 0 aliphatic heterocycles. The Balaban J connectivity index is 1.54. The molecule has 146 valence electrons. The van der Waals surface area contributed by atoms with Gasteiger partial charge >= 0.3 is 0 Å². The van der Waals surface area contributed by atoms with E-state index in [1.807, 2.05) is 19.9 Å². The van der Waals surface area contributed by atoms with Gasteiger partial charge < -0.3 is 9.84 Å². The molecule has 5 heteroatoms. The highest BCUT2D eigenvalue weighted by Gasteiger charge is 2.26. The van der Waals surface area contributed by atoms with Crippen LogP contribution in [-0.4, -0.2) is 16.0 Å². The third-order valence-electron chi connectivity index (χ3n) is 5.39. The van der Waals surface area contributed by atoms with Crippen molar-refractivity contribution < 1.29 is 9.32 Å². The second-order valence-corrected chi connectivity index (χ2v) is 7.91. The van der Waals surface area contributed by atoms with Gasteiger partial charge in [-0.05, 0) is 30.7 Å². The Morgan fingerprint density at radius 3 is 2.59 bits per heavy atom. The molecule has 1 aliphatic carbocycles. The first-order valence-corrected chi connectivity index (χ1v) is 10.3. The highest BCUT2D eigenvalue weighted by atomic mass is 16.5. The molecule has 3 rings (SSSR count). The molecular formula is C22H31N3O2. The van der Waals surface area contributed by atoms with Crippen molar-refractivity contribution in [2.75, 3.05) is 0 Å². The van der Waals surface area contributed by atoms with Gasteiger partial charge in [0.15, 0.2) is 5.82 Å². The van der Waals surface area contributed by atoms with Gasteiger partial charge in [0.25, 0.3) is 0 Å². The van der Waals surface area contributed by atoms with Crippen LogP contribution >= 0.6 is 0 Å². The Morgan fingerprint density at radius 2 is 1.93 bits per heavy atom. The lowest BCUT2D eigenvalue weighted by Crippen LogP contribution is -2.34. The molecule has 0 bridgehead atoms. The minimum absolute atomic E-state index is 0.109. The maximum absolute atomic E-state index is 12.6. The van der Waals surface area contributed by atoms with E-state index in [1.54, 1.807) is 0 Å². The number of carbonyl (C=O) groups excluding carboxylic acids is 1. The molecule has 1 N–H and O–H groups in total. The summed E-state index contributed by atoms with van der Waals surface area (Å²) in [5, 5.41) is 7.28. The van der Waals surface area contributed by atoms with Crippen molar-refractivity contribution in [3.8, 4) is 0 Å². The molecule has 1 aromatic carbocycles. The van der Waals surface area contributed by atoms with Crippen molar-refractivity contribution >= 4 is 5.91 Å². The highest BCUT2D eigenvalue weighted by molar-refractivity contribution is 5.76. The SMILES string of the molecule is CC(C)c1noc(CCCC(=O)N[C@@H](c2ccccc2)C2CCCCC2)n1. The number of aryl methyl sites for hydroxylation is 1. The number of aromatic nitrogens is 2. The van der Waals surface area contributed by atoms with Crippen molar-refractivity contribution in [3.63, 3.8) is 0 Å². The van der Waals surface area contributed by atoms with Crippen molar-refractivity contribution in [2.45, 2.75) is 77.2 Å². The quantitative estimate of drug-likeness (QED) is 0.714. The van der Waals surface area contributed by atoms with E-state index in [-0.39, 0.29) is 17.9 Å². The fourth-order valence-corrected chi connectivity index (χ4v) is 3.85. The van der Waals surface area contributed by atoms with E-state index >= 15 is 0 Å². The lowest BCUT2D eigenvalue weighted by molar-refractivity contribution is -0.122. The molecule has 0 saturated heterocycles. The molecule has 2 aromatic rings. The van der Waals surface area contributed by atoms with Crippen molar-refractivity contribution in [3.05, 3.63) is 47.6 Å². The molecule has 1 amide bonds. The van der Waals surface area contributed by atoms with Crippen LogP contribution in [0.2, 0.25) is 0 Å². The van der Waals surface area contributed by atoms with E-state index in [1.165, 1.54) is 37.7 Å². The summed E-state index contributed by atoms with van der Waals surface area (Å²) in [6.45, 7) is 4.08. The summed E-state index contributed by atoms with van der Waals surface area (Å²) in [5.41, 5.74) is 1.22. The van der Waals surface area contributed by atoms with Crippen LogP contribution in [0.4, 0.5) is 0 Å². The largest absolute Gasteiger partial charge is 0.349 e. The van der Waals surface area contributed by atoms with E-state index in [9.17, 15) is 4.79 Å². The maximum Gasteiger partial charge on any atom is 0.226 e. The van der Waals surface area contributed by atoms with Crippen LogP contribution < -0.4 is 5.32 Å². The number of nitrogens with one attached hydrogen (secondary N) is 1. The summed E-state index contributed by atoms with van der Waals surface area (Å²) >= 11 is 0. The van der Waals surface area contributed by atoms with Gasteiger partial charge in [0.2, 0.25) is 11.8 Å². The van der Waals surface area contributed by atoms with Gasteiger partial charge in [0.1, 0.15) is 0 Å². The van der Waals surface area contributed by atoms with Crippen molar-refractivity contribution in [1.82, 2.24) is 15.5 Å². The second-order valence-electron chi connectivity index (χ2n) is 7.91. The third-order valence-corrected chi connectivity index (χ3v) is 5.39. The number of hydrogen-bond donors (Lipinski definition) is 1. The average molecular weight is 370 g/mol. The fraction of sp³-hybridized carbons (Fsp3) is 0.591. The lowest BCUT2D eigenvalue weighted by Gasteiger charge is -2.31. The lowest BCUT2D eigenvalue weighted by atomic mass is 9.81. The molecule has 1 heterocycles. The minimum atomic E-state index is 0.109. The summed E-state index contributed by atoms with van der Waals surface area (Å²) in [6.07, 6.45) is 8.08. The first kappa shape index (κ1) is 19.6. The van der Waals surface area contributed by atoms with Gasteiger partial charge in [0, 0.05) is 18.8 Å². The Labute approximate surface area is 161 Å². The van der Waals surface area contributed by atoms with Crippen LogP contribution in [-0.2, 0) is 11.2 Å². The molecule has 5 nitrogen and oxygen atoms in total. The zero-order chi connectivity index (χ0) is 19.1. The molecule has 27 heavy (non-hydrogen) atoms. The van der Waals surface area contributed by atoms with Gasteiger partial charge in [-0.2, -0.15) is 4.98 Å². The Hall–Kier alpha value is -2.17. The first-order chi connectivity index (χ1) is 13.1. The highest BCUT2D eigenvalue weighted by Crippen LogP contribution is 2.34. The van der Waals surface area contributed by atoms with E-state index in [0.717, 1.165) is 12.2 Å². The summed E-state index contributed by atoms with van der Waals surface area (Å²) < 4.78 is 5.26. The van der Waals surface area contributed by atoms with Crippen LogP contribution in [0.1, 0.15) is 88.0 Å². The van der Waals surface area contributed by atoms with Crippen molar-refractivity contribution in [1.29, 1.82) is 0 Å². The standard InChI is InChI=1S/C22H31N3O2/c1-16(2)22-24-20(27-25-22)15-9-14-19(26)23-21(17-10-5-3-6-11-17)18-12-7-4-8-13-18/h3,5-6,10-11,16,18,21H,4,7-9,12-15H2,1-2H3,(H,23,26)/t21-/m0/s1. The van der Waals surface area contributed by atoms with Gasteiger partial charge in [-0.3, -0.25) is 4.79 Å². The van der Waals surface area contributed by atoms with Gasteiger partial charge in [0.05, 0.1) is 6.04 Å².